The monoisotopic (exact) mass is 418 g/mol. The maximum Gasteiger partial charge on any atom is 0.338 e. The highest BCUT2D eigenvalue weighted by Crippen LogP contribution is 2.37. The van der Waals surface area contributed by atoms with Gasteiger partial charge in [-0.15, -0.1) is 5.10 Å². The third-order valence-electron chi connectivity index (χ3n) is 4.30. The second kappa shape index (κ2) is 9.30. The molecule has 0 saturated heterocycles. The summed E-state index contributed by atoms with van der Waals surface area (Å²) in [6, 6.07) is 6.94. The number of hydrogen-bond acceptors (Lipinski definition) is 6. The number of anilines is 1. The molecule has 8 heteroatoms. The number of hydrogen-bond donors (Lipinski definition) is 1. The van der Waals surface area contributed by atoms with E-state index in [0.29, 0.717) is 27.4 Å². The Morgan fingerprint density at radius 1 is 1.43 bits per heavy atom. The first-order valence-corrected chi connectivity index (χ1v) is 10.5. The molecule has 0 aliphatic carbocycles. The minimum absolute atomic E-state index is 0.144. The maximum absolute atomic E-state index is 12.8. The number of allylic oxidation sites excluding steroid dienone is 1. The van der Waals surface area contributed by atoms with Crippen LogP contribution in [-0.2, 0) is 9.53 Å². The van der Waals surface area contributed by atoms with E-state index in [0.717, 1.165) is 24.2 Å². The smallest absolute Gasteiger partial charge is 0.338 e. The molecule has 1 aromatic heterocycles. The Morgan fingerprint density at radius 2 is 2.18 bits per heavy atom. The lowest BCUT2D eigenvalue weighted by atomic mass is 9.96. The van der Waals surface area contributed by atoms with E-state index in [2.05, 4.69) is 28.9 Å². The lowest BCUT2D eigenvalue weighted by Crippen LogP contribution is -2.29. The van der Waals surface area contributed by atoms with E-state index in [9.17, 15) is 4.79 Å². The topological polar surface area (TPSA) is 69.0 Å². The van der Waals surface area contributed by atoms with Crippen molar-refractivity contribution < 1.29 is 9.53 Å². The fourth-order valence-corrected chi connectivity index (χ4v) is 3.97. The predicted molar refractivity (Wildman–Crippen MR) is 113 cm³/mol. The number of esters is 1. The van der Waals surface area contributed by atoms with Crippen LogP contribution in [0.25, 0.3) is 0 Å². The molecule has 148 valence electrons. The summed E-state index contributed by atoms with van der Waals surface area (Å²) < 4.78 is 7.08. The second-order valence-corrected chi connectivity index (χ2v) is 7.87. The summed E-state index contributed by atoms with van der Waals surface area (Å²) in [5, 5.41) is 9.17. The van der Waals surface area contributed by atoms with Crippen LogP contribution in [0.3, 0.4) is 0 Å². The summed E-state index contributed by atoms with van der Waals surface area (Å²) in [5.74, 6) is 1.15. The number of fused-ring (bicyclic) bond motifs is 1. The van der Waals surface area contributed by atoms with Crippen molar-refractivity contribution in [1.82, 2.24) is 14.8 Å². The van der Waals surface area contributed by atoms with Crippen LogP contribution in [0.15, 0.2) is 53.3 Å². The Bertz CT molecular complexity index is 892. The van der Waals surface area contributed by atoms with Gasteiger partial charge in [0, 0.05) is 16.5 Å². The van der Waals surface area contributed by atoms with E-state index in [1.54, 1.807) is 34.7 Å². The summed E-state index contributed by atoms with van der Waals surface area (Å²) in [6.45, 7) is 7.74. The highest BCUT2D eigenvalue weighted by atomic mass is 35.5. The van der Waals surface area contributed by atoms with E-state index in [-0.39, 0.29) is 6.61 Å². The molecule has 1 atom stereocenters. The average molecular weight is 419 g/mol. The molecule has 2 heterocycles. The lowest BCUT2D eigenvalue weighted by Gasteiger charge is -2.28. The number of carbonyl (C=O) groups excluding carboxylic acids is 1. The van der Waals surface area contributed by atoms with Crippen molar-refractivity contribution in [2.24, 2.45) is 0 Å². The molecule has 0 bridgehead atoms. The molecular formula is C20H23ClN4O2S. The van der Waals surface area contributed by atoms with E-state index >= 15 is 0 Å². The van der Waals surface area contributed by atoms with Crippen LogP contribution < -0.4 is 5.32 Å². The molecule has 1 unspecified atom stereocenters. The van der Waals surface area contributed by atoms with Gasteiger partial charge in [-0.05, 0) is 31.0 Å². The lowest BCUT2D eigenvalue weighted by molar-refractivity contribution is -0.138. The van der Waals surface area contributed by atoms with Gasteiger partial charge in [0.15, 0.2) is 0 Å². The molecule has 1 aliphatic heterocycles. The average Bonchev–Trinajstić information content (AvgIpc) is 3.08. The van der Waals surface area contributed by atoms with E-state index in [1.165, 1.54) is 0 Å². The molecule has 3 rings (SSSR count). The summed E-state index contributed by atoms with van der Waals surface area (Å²) in [5.41, 5.74) is 2.07. The largest absolute Gasteiger partial charge is 0.458 e. The molecular weight excluding hydrogens is 396 g/mol. The van der Waals surface area contributed by atoms with E-state index in [1.807, 2.05) is 19.1 Å². The van der Waals surface area contributed by atoms with Gasteiger partial charge in [0.25, 0.3) is 0 Å². The van der Waals surface area contributed by atoms with Crippen molar-refractivity contribution in [2.75, 3.05) is 17.7 Å². The molecule has 1 N–H and O–H groups in total. The fourth-order valence-electron chi connectivity index (χ4n) is 2.93. The first-order chi connectivity index (χ1) is 13.5. The zero-order chi connectivity index (χ0) is 20.1. The van der Waals surface area contributed by atoms with Gasteiger partial charge in [0.2, 0.25) is 11.1 Å². The molecule has 0 radical (unpaired) electrons. The predicted octanol–water partition coefficient (Wildman–Crippen LogP) is 4.84. The van der Waals surface area contributed by atoms with Crippen molar-refractivity contribution in [3.05, 3.63) is 58.8 Å². The van der Waals surface area contributed by atoms with Crippen LogP contribution in [0.1, 0.15) is 38.3 Å². The summed E-state index contributed by atoms with van der Waals surface area (Å²) in [4.78, 5) is 17.4. The van der Waals surface area contributed by atoms with Crippen LogP contribution >= 0.6 is 23.4 Å². The number of nitrogens with one attached hydrogen (secondary N) is 1. The Kier molecular flexibility index (Phi) is 6.80. The zero-order valence-corrected chi connectivity index (χ0v) is 17.5. The summed E-state index contributed by atoms with van der Waals surface area (Å²) in [7, 11) is 0. The number of aromatic nitrogens is 3. The molecule has 6 nitrogen and oxygen atoms in total. The molecule has 28 heavy (non-hydrogen) atoms. The van der Waals surface area contributed by atoms with Crippen molar-refractivity contribution in [3.63, 3.8) is 0 Å². The quantitative estimate of drug-likeness (QED) is 0.286. The minimum Gasteiger partial charge on any atom is -0.458 e. The number of thioether (sulfide) groups is 1. The number of nitrogens with zero attached hydrogens (tertiary/aromatic N) is 3. The van der Waals surface area contributed by atoms with Crippen molar-refractivity contribution in [2.45, 2.75) is 37.9 Å². The SMILES string of the molecule is C=CCOC(=O)C1=C(C)Nc2nc(SCCCC)nn2C1c1ccc(Cl)cc1. The van der Waals surface area contributed by atoms with Crippen LogP contribution in [0.2, 0.25) is 5.02 Å². The molecule has 0 spiro atoms. The minimum atomic E-state index is -0.446. The second-order valence-electron chi connectivity index (χ2n) is 6.37. The molecule has 1 aromatic carbocycles. The number of benzene rings is 1. The zero-order valence-electron chi connectivity index (χ0n) is 15.9. The van der Waals surface area contributed by atoms with Gasteiger partial charge in [0.05, 0.1) is 5.57 Å². The first kappa shape index (κ1) is 20.5. The van der Waals surface area contributed by atoms with Crippen LogP contribution in [-0.4, -0.2) is 33.1 Å². The Balaban J connectivity index is 2.01. The number of ether oxygens (including phenoxy) is 1. The number of rotatable bonds is 8. The van der Waals surface area contributed by atoms with Gasteiger partial charge in [0.1, 0.15) is 12.6 Å². The highest BCUT2D eigenvalue weighted by molar-refractivity contribution is 7.99. The molecule has 0 fully saturated rings. The van der Waals surface area contributed by atoms with Gasteiger partial charge < -0.3 is 10.1 Å². The summed E-state index contributed by atoms with van der Waals surface area (Å²) in [6.07, 6.45) is 3.76. The number of carbonyl (C=O) groups is 1. The van der Waals surface area contributed by atoms with Crippen molar-refractivity contribution in [3.8, 4) is 0 Å². The van der Waals surface area contributed by atoms with Gasteiger partial charge in [-0.25, -0.2) is 9.48 Å². The van der Waals surface area contributed by atoms with Crippen LogP contribution in [0.4, 0.5) is 5.95 Å². The van der Waals surface area contributed by atoms with Crippen molar-refractivity contribution >= 4 is 35.3 Å². The maximum atomic E-state index is 12.8. The van der Waals surface area contributed by atoms with Crippen LogP contribution in [0, 0.1) is 0 Å². The molecule has 2 aromatic rings. The fraction of sp³-hybridized carbons (Fsp3) is 0.350. The van der Waals surface area contributed by atoms with Crippen molar-refractivity contribution in [1.29, 1.82) is 0 Å². The first-order valence-electron chi connectivity index (χ1n) is 9.15. The third kappa shape index (κ3) is 4.42. The number of halogens is 1. The molecule has 0 amide bonds. The Labute approximate surface area is 174 Å². The normalized spacial score (nSPS) is 15.8. The van der Waals surface area contributed by atoms with Gasteiger partial charge in [-0.1, -0.05) is 61.5 Å². The number of unbranched alkanes of at least 4 members (excludes halogenated alkanes) is 1. The van der Waals surface area contributed by atoms with Gasteiger partial charge >= 0.3 is 5.97 Å². The van der Waals surface area contributed by atoms with Gasteiger partial charge in [-0.2, -0.15) is 4.98 Å². The van der Waals surface area contributed by atoms with Crippen LogP contribution in [0.5, 0.6) is 0 Å². The molecule has 1 aliphatic rings. The molecule has 0 saturated carbocycles. The van der Waals surface area contributed by atoms with Gasteiger partial charge in [-0.3, -0.25) is 0 Å². The Morgan fingerprint density at radius 3 is 2.86 bits per heavy atom. The standard InChI is InChI=1S/C20H23ClN4O2S/c1-4-6-12-28-20-23-19-22-13(3)16(18(26)27-11-5-2)17(25(19)24-20)14-7-9-15(21)10-8-14/h5,7-10,17H,2,4,6,11-12H2,1,3H3,(H,22,23,24). The summed E-state index contributed by atoms with van der Waals surface area (Å²) >= 11 is 7.67. The van der Waals surface area contributed by atoms with E-state index in [4.69, 9.17) is 16.3 Å². The Hall–Kier alpha value is -2.25. The van der Waals surface area contributed by atoms with E-state index < -0.39 is 12.0 Å². The third-order valence-corrected chi connectivity index (χ3v) is 5.48. The highest BCUT2D eigenvalue weighted by Gasteiger charge is 2.35.